The lowest BCUT2D eigenvalue weighted by atomic mass is 9.61. The Morgan fingerprint density at radius 3 is 1.54 bits per heavy atom. The molecule has 8 bridgehead atoms. The molecule has 8 heteroatoms. The van der Waals surface area contributed by atoms with Crippen molar-refractivity contribution in [3.63, 3.8) is 0 Å². The third-order valence-electron chi connectivity index (χ3n) is 18.8. The molecule has 3 aliphatic heterocycles. The SMILES string of the molecule is C1CCC2c3c(c4nc5nc(nc6[nH]c(nc7nc(nc3[nH]4)C3CCC4CCCCC4C73)C3CCC4CCCCC4C63)C3CCC4CCCCC4C53)CCC2C1. The van der Waals surface area contributed by atoms with E-state index in [2.05, 4.69) is 9.97 Å². The molecule has 13 rings (SSSR count). The molecular weight excluding hydrogens is 689 g/mol. The van der Waals surface area contributed by atoms with Crippen LogP contribution >= 0.6 is 0 Å². The normalized spacial score (nSPS) is 41.6. The fourth-order valence-corrected chi connectivity index (χ4v) is 16.4. The Kier molecular flexibility index (Phi) is 8.08. The summed E-state index contributed by atoms with van der Waals surface area (Å²) < 4.78 is 0. The quantitative estimate of drug-likeness (QED) is 0.277. The van der Waals surface area contributed by atoms with Crippen LogP contribution in [0, 0.1) is 41.4 Å². The minimum Gasteiger partial charge on any atom is -0.331 e. The zero-order valence-electron chi connectivity index (χ0n) is 33.7. The van der Waals surface area contributed by atoms with Gasteiger partial charge in [-0.3, -0.25) is 0 Å². The van der Waals surface area contributed by atoms with Crippen LogP contribution in [-0.2, 0) is 6.42 Å². The summed E-state index contributed by atoms with van der Waals surface area (Å²) in [5.41, 5.74) is 5.12. The number of aromatic amines is 2. The van der Waals surface area contributed by atoms with Gasteiger partial charge in [-0.05, 0) is 131 Å². The van der Waals surface area contributed by atoms with Gasteiger partial charge in [0.2, 0.25) is 0 Å². The molecule has 0 radical (unpaired) electrons. The van der Waals surface area contributed by atoms with Crippen LogP contribution in [0.2, 0.25) is 0 Å². The van der Waals surface area contributed by atoms with Crippen LogP contribution in [0.15, 0.2) is 0 Å². The van der Waals surface area contributed by atoms with E-state index in [0.717, 1.165) is 64.7 Å². The second kappa shape index (κ2) is 13.3. The summed E-state index contributed by atoms with van der Waals surface area (Å²) in [5, 5.41) is 0. The van der Waals surface area contributed by atoms with Gasteiger partial charge in [-0.2, -0.15) is 0 Å². The maximum Gasteiger partial charge on any atom is 0.137 e. The lowest BCUT2D eigenvalue weighted by Gasteiger charge is -2.43. The van der Waals surface area contributed by atoms with Crippen molar-refractivity contribution in [1.82, 2.24) is 39.9 Å². The Morgan fingerprint density at radius 1 is 0.339 bits per heavy atom. The monoisotopic (exact) mass is 753 g/mol. The first-order valence-corrected chi connectivity index (χ1v) is 24.3. The fraction of sp³-hybridized carbons (Fsp3) is 0.792. The van der Waals surface area contributed by atoms with Crippen LogP contribution in [0.4, 0.5) is 0 Å². The molecule has 14 unspecified atom stereocenters. The predicted octanol–water partition coefficient (Wildman–Crippen LogP) is 11.2. The van der Waals surface area contributed by atoms with E-state index in [0.29, 0.717) is 59.2 Å². The number of aromatic nitrogens is 8. The fourth-order valence-electron chi connectivity index (χ4n) is 16.4. The molecule has 0 amide bonds. The van der Waals surface area contributed by atoms with Crippen molar-refractivity contribution in [2.24, 2.45) is 41.4 Å². The second-order valence-electron chi connectivity index (χ2n) is 21.2. The van der Waals surface area contributed by atoms with Crippen molar-refractivity contribution in [2.75, 3.05) is 0 Å². The van der Waals surface area contributed by atoms with Crippen molar-refractivity contribution in [3.8, 4) is 0 Å². The molecule has 2 aromatic rings. The van der Waals surface area contributed by atoms with E-state index in [1.165, 1.54) is 170 Å². The molecule has 14 atom stereocenters. The highest BCUT2D eigenvalue weighted by atomic mass is 15.1. The van der Waals surface area contributed by atoms with E-state index in [1.807, 2.05) is 0 Å². The van der Waals surface area contributed by atoms with Crippen LogP contribution in [-0.4, -0.2) is 39.9 Å². The number of fused-ring (bicyclic) bond motifs is 28. The Balaban J connectivity index is 1.07. The lowest BCUT2D eigenvalue weighted by Crippen LogP contribution is -2.34. The molecule has 5 heterocycles. The molecule has 8 nitrogen and oxygen atoms in total. The van der Waals surface area contributed by atoms with Crippen molar-refractivity contribution in [3.05, 3.63) is 46.1 Å². The molecule has 7 saturated carbocycles. The number of hydrogen-bond donors (Lipinski definition) is 2. The van der Waals surface area contributed by atoms with Crippen molar-refractivity contribution < 1.29 is 0 Å². The molecular formula is C48H64N8. The predicted molar refractivity (Wildman–Crippen MR) is 217 cm³/mol. The Bertz CT molecular complexity index is 2080. The van der Waals surface area contributed by atoms with Crippen LogP contribution in [0.25, 0.3) is 11.3 Å². The van der Waals surface area contributed by atoms with Crippen LogP contribution < -0.4 is 0 Å². The maximum absolute atomic E-state index is 5.81. The molecule has 11 aliphatic rings. The summed E-state index contributed by atoms with van der Waals surface area (Å²) >= 11 is 0. The Morgan fingerprint density at radius 2 is 0.857 bits per heavy atom. The number of rotatable bonds is 0. The van der Waals surface area contributed by atoms with Gasteiger partial charge in [0.1, 0.15) is 46.2 Å². The summed E-state index contributed by atoms with van der Waals surface area (Å²) in [6.45, 7) is 0. The van der Waals surface area contributed by atoms with Crippen molar-refractivity contribution in [1.29, 1.82) is 0 Å². The largest absolute Gasteiger partial charge is 0.331 e. The minimum absolute atomic E-state index is 0.371. The van der Waals surface area contributed by atoms with E-state index in [9.17, 15) is 0 Å². The number of nitrogens with zero attached hydrogens (tertiary/aromatic N) is 6. The summed E-state index contributed by atoms with van der Waals surface area (Å²) in [4.78, 5) is 42.5. The zero-order chi connectivity index (χ0) is 36.5. The van der Waals surface area contributed by atoms with Gasteiger partial charge in [-0.1, -0.05) is 70.6 Å². The first kappa shape index (κ1) is 34.0. The summed E-state index contributed by atoms with van der Waals surface area (Å²) in [5.74, 6) is 15.0. The van der Waals surface area contributed by atoms with Crippen LogP contribution in [0.5, 0.6) is 0 Å². The number of H-pyrrole nitrogens is 2. The minimum atomic E-state index is 0.371. The molecule has 7 fully saturated rings. The number of hydrogen-bond acceptors (Lipinski definition) is 6. The second-order valence-corrected chi connectivity index (χ2v) is 21.2. The Labute approximate surface area is 333 Å². The van der Waals surface area contributed by atoms with Crippen molar-refractivity contribution in [2.45, 2.75) is 196 Å². The average molecular weight is 753 g/mol. The van der Waals surface area contributed by atoms with Gasteiger partial charge in [0.15, 0.2) is 0 Å². The molecule has 0 saturated heterocycles. The topological polar surface area (TPSA) is 109 Å². The van der Waals surface area contributed by atoms with Gasteiger partial charge in [0.25, 0.3) is 0 Å². The molecule has 2 N–H and O–H groups in total. The van der Waals surface area contributed by atoms with Crippen LogP contribution in [0.3, 0.4) is 0 Å². The number of aryl methyl sites for hydroxylation is 1. The van der Waals surface area contributed by atoms with E-state index >= 15 is 0 Å². The van der Waals surface area contributed by atoms with E-state index < -0.39 is 0 Å². The smallest absolute Gasteiger partial charge is 0.137 e. The molecule has 296 valence electrons. The first-order chi connectivity index (χ1) is 27.7. The first-order valence-electron chi connectivity index (χ1n) is 24.3. The van der Waals surface area contributed by atoms with E-state index in [1.54, 1.807) is 0 Å². The van der Waals surface area contributed by atoms with Crippen LogP contribution in [0.1, 0.15) is 235 Å². The lowest BCUT2D eigenvalue weighted by molar-refractivity contribution is 0.124. The third kappa shape index (κ3) is 5.20. The number of nitrogens with one attached hydrogen (secondary N) is 2. The zero-order valence-corrected chi connectivity index (χ0v) is 33.7. The molecule has 2 aromatic heterocycles. The van der Waals surface area contributed by atoms with Gasteiger partial charge < -0.3 is 9.97 Å². The van der Waals surface area contributed by atoms with Gasteiger partial charge in [-0.15, -0.1) is 0 Å². The van der Waals surface area contributed by atoms with Gasteiger partial charge in [0, 0.05) is 46.6 Å². The van der Waals surface area contributed by atoms with E-state index in [-0.39, 0.29) is 0 Å². The third-order valence-corrected chi connectivity index (χ3v) is 18.8. The molecule has 0 aromatic carbocycles. The summed E-state index contributed by atoms with van der Waals surface area (Å²) in [6.07, 6.45) is 31.7. The molecule has 8 aliphatic carbocycles. The maximum atomic E-state index is 5.81. The van der Waals surface area contributed by atoms with Gasteiger partial charge >= 0.3 is 0 Å². The highest BCUT2D eigenvalue weighted by Crippen LogP contribution is 2.59. The highest BCUT2D eigenvalue weighted by Gasteiger charge is 2.51. The van der Waals surface area contributed by atoms with Gasteiger partial charge in [0.05, 0.1) is 0 Å². The van der Waals surface area contributed by atoms with Crippen molar-refractivity contribution >= 4 is 11.3 Å². The van der Waals surface area contributed by atoms with E-state index in [4.69, 9.17) is 29.9 Å². The standard InChI is InChI=1S/C48H64N8/c1-5-13-29-25(9-1)17-21-33-37(29)45-49-41(33)54-46-39-31-15-7-3-11-27(31)19-23-35(39)43(51-46)56-48-40-32-16-8-4-12-28(32)20-24-36(40)44(52-48)55-47-38-30-14-6-2-10-26(30)18-22-34(38)42(50-47)53-45/h25-35,37-39,52H,1-24H2,(H,49,50,51,53,54,55,56). The average Bonchev–Trinajstić information content (AvgIpc) is 3.99. The van der Waals surface area contributed by atoms with Gasteiger partial charge in [-0.25, -0.2) is 29.9 Å². The molecule has 56 heavy (non-hydrogen) atoms. The Hall–Kier alpha value is -2.90. The summed E-state index contributed by atoms with van der Waals surface area (Å²) in [6, 6.07) is 0. The molecule has 0 spiro atoms. The summed E-state index contributed by atoms with van der Waals surface area (Å²) in [7, 11) is 0. The highest BCUT2D eigenvalue weighted by molar-refractivity contribution is 5.68.